The molecule has 0 aliphatic heterocycles. The molecule has 0 radical (unpaired) electrons. The quantitative estimate of drug-likeness (QED) is 0.317. The molecular weight excluding hydrogens is 479 g/mol. The number of alkyl halides is 3. The molecule has 1 saturated carbocycles. The molecule has 3 aromatic rings. The molecule has 1 fully saturated rings. The van der Waals surface area contributed by atoms with E-state index < -0.39 is 17.7 Å². The summed E-state index contributed by atoms with van der Waals surface area (Å²) in [6.45, 7) is 6.47. The third kappa shape index (κ3) is 7.34. The molecule has 1 aromatic heterocycles. The van der Waals surface area contributed by atoms with E-state index in [1.54, 1.807) is 12.3 Å². The summed E-state index contributed by atoms with van der Waals surface area (Å²) in [5, 5.41) is 9.32. The molecule has 0 saturated heterocycles. The van der Waals surface area contributed by atoms with Gasteiger partial charge in [-0.15, -0.1) is 0 Å². The van der Waals surface area contributed by atoms with Gasteiger partial charge in [-0.25, -0.2) is 0 Å². The highest BCUT2D eigenvalue weighted by atomic mass is 19.4. The number of pyridine rings is 1. The maximum absolute atomic E-state index is 13.3. The van der Waals surface area contributed by atoms with Crippen LogP contribution in [0.4, 0.5) is 13.2 Å². The zero-order valence-electron chi connectivity index (χ0n) is 21.3. The zero-order valence-corrected chi connectivity index (χ0v) is 21.3. The van der Waals surface area contributed by atoms with Crippen molar-refractivity contribution in [1.82, 2.24) is 4.98 Å². The van der Waals surface area contributed by atoms with Crippen molar-refractivity contribution in [2.45, 2.75) is 65.2 Å². The predicted octanol–water partition coefficient (Wildman–Crippen LogP) is 7.90. The molecule has 196 valence electrons. The molecule has 0 spiro atoms. The van der Waals surface area contributed by atoms with E-state index in [2.05, 4.69) is 25.8 Å². The second-order valence-corrected chi connectivity index (χ2v) is 11.1. The van der Waals surface area contributed by atoms with Gasteiger partial charge in [0.2, 0.25) is 0 Å². The summed E-state index contributed by atoms with van der Waals surface area (Å²) in [6.07, 6.45) is -0.0510. The van der Waals surface area contributed by atoms with Gasteiger partial charge in [0.15, 0.2) is 0 Å². The highest BCUT2D eigenvalue weighted by Gasteiger charge is 2.34. The van der Waals surface area contributed by atoms with E-state index >= 15 is 0 Å². The van der Waals surface area contributed by atoms with Gasteiger partial charge in [-0.05, 0) is 71.4 Å². The van der Waals surface area contributed by atoms with Gasteiger partial charge in [-0.1, -0.05) is 57.2 Å². The Morgan fingerprint density at radius 1 is 1.08 bits per heavy atom. The van der Waals surface area contributed by atoms with Gasteiger partial charge in [-0.2, -0.15) is 13.2 Å². The second kappa shape index (κ2) is 10.6. The monoisotopic (exact) mass is 511 g/mol. The lowest BCUT2D eigenvalue weighted by Gasteiger charge is -2.21. The van der Waals surface area contributed by atoms with E-state index in [0.717, 1.165) is 41.7 Å². The van der Waals surface area contributed by atoms with Crippen LogP contribution in [-0.2, 0) is 24.0 Å². The summed E-state index contributed by atoms with van der Waals surface area (Å²) < 4.78 is 45.9. The van der Waals surface area contributed by atoms with Crippen LogP contribution in [0.5, 0.6) is 5.75 Å². The van der Waals surface area contributed by atoms with Crippen LogP contribution in [0.2, 0.25) is 0 Å². The third-order valence-electron chi connectivity index (χ3n) is 6.50. The molecule has 1 aliphatic rings. The maximum Gasteiger partial charge on any atom is 0.416 e. The number of rotatable bonds is 9. The molecule has 37 heavy (non-hydrogen) atoms. The Kier molecular flexibility index (Phi) is 7.62. The average Bonchev–Trinajstić information content (AvgIpc) is 3.65. The van der Waals surface area contributed by atoms with E-state index in [-0.39, 0.29) is 24.4 Å². The van der Waals surface area contributed by atoms with Gasteiger partial charge in [0.25, 0.3) is 0 Å². The van der Waals surface area contributed by atoms with E-state index in [1.807, 2.05) is 30.3 Å². The smallest absolute Gasteiger partial charge is 0.416 e. The fourth-order valence-electron chi connectivity index (χ4n) is 4.70. The number of hydrogen-bond donors (Lipinski definition) is 1. The average molecular weight is 512 g/mol. The summed E-state index contributed by atoms with van der Waals surface area (Å²) >= 11 is 0. The number of carboxylic acid groups (broad SMARTS) is 1. The van der Waals surface area contributed by atoms with E-state index in [1.165, 1.54) is 6.07 Å². The van der Waals surface area contributed by atoms with Crippen molar-refractivity contribution in [2.75, 3.05) is 0 Å². The number of ether oxygens (including phenoxy) is 1. The summed E-state index contributed by atoms with van der Waals surface area (Å²) in [5.74, 6) is 0.158. The molecule has 7 heteroatoms. The van der Waals surface area contributed by atoms with Crippen molar-refractivity contribution in [3.63, 3.8) is 0 Å². The standard InChI is InChI=1S/C30H32F3NO3/c1-29(2,3)16-23-14-25(17-34-28(23)22-8-5-9-24(13-22)30(31,32)33)37-18-19-6-4-7-21(12-19)26(15-27(35)36)20-10-11-20/h4-9,12-14,17,20,26H,10-11,15-16,18H2,1-3H3,(H,35,36). The van der Waals surface area contributed by atoms with Crippen LogP contribution in [0.15, 0.2) is 60.8 Å². The number of carbonyl (C=O) groups is 1. The molecule has 1 atom stereocenters. The lowest BCUT2D eigenvalue weighted by atomic mass is 9.86. The highest BCUT2D eigenvalue weighted by Crippen LogP contribution is 2.44. The van der Waals surface area contributed by atoms with Gasteiger partial charge in [-0.3, -0.25) is 9.78 Å². The lowest BCUT2D eigenvalue weighted by Crippen LogP contribution is -2.11. The van der Waals surface area contributed by atoms with Crippen molar-refractivity contribution >= 4 is 5.97 Å². The first-order valence-electron chi connectivity index (χ1n) is 12.5. The number of carboxylic acids is 1. The summed E-state index contributed by atoms with van der Waals surface area (Å²) in [4.78, 5) is 15.9. The Morgan fingerprint density at radius 3 is 2.46 bits per heavy atom. The van der Waals surface area contributed by atoms with E-state index in [0.29, 0.717) is 29.3 Å². The highest BCUT2D eigenvalue weighted by molar-refractivity contribution is 5.68. The van der Waals surface area contributed by atoms with Crippen molar-refractivity contribution in [3.8, 4) is 17.0 Å². The minimum absolute atomic E-state index is 0.00394. The van der Waals surface area contributed by atoms with Gasteiger partial charge in [0, 0.05) is 5.56 Å². The fraction of sp³-hybridized carbons (Fsp3) is 0.400. The molecule has 4 rings (SSSR count). The first-order valence-corrected chi connectivity index (χ1v) is 12.5. The number of halogens is 3. The third-order valence-corrected chi connectivity index (χ3v) is 6.50. The first-order chi connectivity index (χ1) is 17.4. The van der Waals surface area contributed by atoms with Crippen LogP contribution < -0.4 is 4.74 Å². The lowest BCUT2D eigenvalue weighted by molar-refractivity contribution is -0.138. The Hall–Kier alpha value is -3.35. The maximum atomic E-state index is 13.3. The van der Waals surface area contributed by atoms with Crippen molar-refractivity contribution in [3.05, 3.63) is 83.0 Å². The molecule has 4 nitrogen and oxygen atoms in total. The predicted molar refractivity (Wildman–Crippen MR) is 136 cm³/mol. The first kappa shape index (κ1) is 26.7. The summed E-state index contributed by atoms with van der Waals surface area (Å²) in [5.41, 5.74) is 2.85. The van der Waals surface area contributed by atoms with Crippen molar-refractivity contribution in [2.24, 2.45) is 11.3 Å². The normalized spacial score (nSPS) is 14.9. The molecule has 0 bridgehead atoms. The molecule has 0 amide bonds. The van der Waals surface area contributed by atoms with Crippen LogP contribution in [0.1, 0.15) is 68.2 Å². The Bertz CT molecular complexity index is 1260. The number of aromatic nitrogens is 1. The topological polar surface area (TPSA) is 59.4 Å². The van der Waals surface area contributed by atoms with Crippen LogP contribution in [0.3, 0.4) is 0 Å². The molecule has 1 N–H and O–H groups in total. The van der Waals surface area contributed by atoms with Gasteiger partial charge in [0.05, 0.1) is 23.9 Å². The van der Waals surface area contributed by atoms with Crippen LogP contribution in [0.25, 0.3) is 11.3 Å². The second-order valence-electron chi connectivity index (χ2n) is 11.1. The van der Waals surface area contributed by atoms with Gasteiger partial charge in [0.1, 0.15) is 12.4 Å². The number of hydrogen-bond acceptors (Lipinski definition) is 3. The van der Waals surface area contributed by atoms with E-state index in [4.69, 9.17) is 4.74 Å². The van der Waals surface area contributed by atoms with E-state index in [9.17, 15) is 23.1 Å². The molecule has 2 aromatic carbocycles. The summed E-state index contributed by atoms with van der Waals surface area (Å²) in [7, 11) is 0. The number of benzene rings is 2. The largest absolute Gasteiger partial charge is 0.487 e. The fourth-order valence-corrected chi connectivity index (χ4v) is 4.70. The zero-order chi connectivity index (χ0) is 26.8. The van der Waals surface area contributed by atoms with Gasteiger partial charge < -0.3 is 9.84 Å². The molecular formula is C30H32F3NO3. The van der Waals surface area contributed by atoms with Crippen molar-refractivity contribution in [1.29, 1.82) is 0 Å². The minimum atomic E-state index is -4.43. The molecule has 1 heterocycles. The SMILES string of the molecule is CC(C)(C)Cc1cc(OCc2cccc(C(CC(=O)O)C3CC3)c2)cnc1-c1cccc(C(F)(F)F)c1. The summed E-state index contributed by atoms with van der Waals surface area (Å²) in [6, 6.07) is 14.9. The van der Waals surface area contributed by atoms with Crippen LogP contribution >= 0.6 is 0 Å². The minimum Gasteiger partial charge on any atom is -0.487 e. The van der Waals surface area contributed by atoms with Crippen molar-refractivity contribution < 1.29 is 27.8 Å². The Balaban J connectivity index is 1.57. The molecule has 1 aliphatic carbocycles. The Labute approximate surface area is 215 Å². The van der Waals surface area contributed by atoms with Crippen LogP contribution in [0, 0.1) is 11.3 Å². The Morgan fingerprint density at radius 2 is 1.81 bits per heavy atom. The van der Waals surface area contributed by atoms with Crippen LogP contribution in [-0.4, -0.2) is 16.1 Å². The number of nitrogens with zero attached hydrogens (tertiary/aromatic N) is 1. The number of aliphatic carboxylic acids is 1. The molecule has 1 unspecified atom stereocenters. The van der Waals surface area contributed by atoms with Gasteiger partial charge >= 0.3 is 12.1 Å².